The number of nitrogens with one attached hydrogen (secondary N) is 1. The van der Waals surface area contributed by atoms with Crippen LogP contribution in [0.25, 0.3) is 0 Å². The monoisotopic (exact) mass is 434 g/mol. The van der Waals surface area contributed by atoms with Gasteiger partial charge in [-0.2, -0.15) is 0 Å². The van der Waals surface area contributed by atoms with Gasteiger partial charge in [0.15, 0.2) is 0 Å². The highest BCUT2D eigenvalue weighted by Gasteiger charge is 2.30. The van der Waals surface area contributed by atoms with Crippen molar-refractivity contribution in [3.63, 3.8) is 0 Å². The Morgan fingerprint density at radius 1 is 1.06 bits per heavy atom. The number of aryl methyl sites for hydroxylation is 3. The molecule has 2 aliphatic rings. The third-order valence-electron chi connectivity index (χ3n) is 6.76. The van der Waals surface area contributed by atoms with E-state index in [1.165, 1.54) is 5.56 Å². The van der Waals surface area contributed by atoms with E-state index in [-0.39, 0.29) is 23.7 Å². The van der Waals surface area contributed by atoms with Gasteiger partial charge in [0.05, 0.1) is 12.3 Å². The molecular formula is C26H34N4O2. The highest BCUT2D eigenvalue weighted by Crippen LogP contribution is 2.29. The summed E-state index contributed by atoms with van der Waals surface area (Å²) < 4.78 is 0. The van der Waals surface area contributed by atoms with Crippen LogP contribution in [0.3, 0.4) is 0 Å². The summed E-state index contributed by atoms with van der Waals surface area (Å²) in [5.74, 6) is 0.984. The topological polar surface area (TPSA) is 75.2 Å². The van der Waals surface area contributed by atoms with E-state index in [0.717, 1.165) is 60.6 Å². The minimum absolute atomic E-state index is 0.0505. The summed E-state index contributed by atoms with van der Waals surface area (Å²) in [5, 5.41) is 3.04. The Bertz CT molecular complexity index is 974. The third kappa shape index (κ3) is 5.17. The SMILES string of the molecule is Cc1ccc([C@@H](C)C(=O)N2CCC[C@H](c3nc(C)c(CC(=O)NC4CC4)c(C)n3)C2)cc1. The number of aromatic nitrogens is 2. The Hall–Kier alpha value is -2.76. The molecule has 2 aromatic rings. The van der Waals surface area contributed by atoms with E-state index in [9.17, 15) is 9.59 Å². The van der Waals surface area contributed by atoms with Gasteiger partial charge >= 0.3 is 0 Å². The molecule has 2 atom stereocenters. The van der Waals surface area contributed by atoms with Crippen LogP contribution in [0.4, 0.5) is 0 Å². The first-order chi connectivity index (χ1) is 15.3. The van der Waals surface area contributed by atoms with Crippen LogP contribution in [0, 0.1) is 20.8 Å². The predicted molar refractivity (Wildman–Crippen MR) is 125 cm³/mol. The molecule has 1 N–H and O–H groups in total. The maximum Gasteiger partial charge on any atom is 0.229 e. The molecule has 2 fully saturated rings. The van der Waals surface area contributed by atoms with E-state index in [1.807, 2.05) is 37.8 Å². The van der Waals surface area contributed by atoms with Crippen LogP contribution in [-0.4, -0.2) is 45.8 Å². The van der Waals surface area contributed by atoms with Crippen molar-refractivity contribution in [3.8, 4) is 0 Å². The molecule has 1 aromatic heterocycles. The molecule has 6 nitrogen and oxygen atoms in total. The van der Waals surface area contributed by atoms with Gasteiger partial charge in [-0.3, -0.25) is 9.59 Å². The zero-order chi connectivity index (χ0) is 22.8. The van der Waals surface area contributed by atoms with Crippen molar-refractivity contribution >= 4 is 11.8 Å². The number of rotatable bonds is 6. The van der Waals surface area contributed by atoms with E-state index in [1.54, 1.807) is 0 Å². The fourth-order valence-corrected chi connectivity index (χ4v) is 4.53. The molecule has 0 spiro atoms. The Morgan fingerprint density at radius 2 is 1.72 bits per heavy atom. The van der Waals surface area contributed by atoms with Gasteiger partial charge in [-0.05, 0) is 58.9 Å². The minimum Gasteiger partial charge on any atom is -0.353 e. The van der Waals surface area contributed by atoms with Crippen LogP contribution in [0.2, 0.25) is 0 Å². The Kier molecular flexibility index (Phi) is 6.58. The maximum atomic E-state index is 13.2. The quantitative estimate of drug-likeness (QED) is 0.752. The Morgan fingerprint density at radius 3 is 2.34 bits per heavy atom. The molecule has 0 radical (unpaired) electrons. The molecule has 2 amide bonds. The van der Waals surface area contributed by atoms with Crippen LogP contribution >= 0.6 is 0 Å². The van der Waals surface area contributed by atoms with Gasteiger partial charge in [-0.25, -0.2) is 9.97 Å². The van der Waals surface area contributed by atoms with Crippen molar-refractivity contribution in [3.05, 3.63) is 58.2 Å². The van der Waals surface area contributed by atoms with E-state index in [0.29, 0.717) is 19.0 Å². The van der Waals surface area contributed by atoms with Crippen LogP contribution < -0.4 is 5.32 Å². The number of likely N-dealkylation sites (tertiary alicyclic amines) is 1. The van der Waals surface area contributed by atoms with Gasteiger partial charge in [0.2, 0.25) is 11.8 Å². The Labute approximate surface area is 190 Å². The molecule has 32 heavy (non-hydrogen) atoms. The molecule has 4 rings (SSSR count). The summed E-state index contributed by atoms with van der Waals surface area (Å²) >= 11 is 0. The van der Waals surface area contributed by atoms with Crippen LogP contribution in [0.15, 0.2) is 24.3 Å². The lowest BCUT2D eigenvalue weighted by Crippen LogP contribution is -2.41. The lowest BCUT2D eigenvalue weighted by Gasteiger charge is -2.34. The minimum atomic E-state index is -0.161. The first kappa shape index (κ1) is 22.4. The van der Waals surface area contributed by atoms with E-state index >= 15 is 0 Å². The van der Waals surface area contributed by atoms with Crippen molar-refractivity contribution < 1.29 is 9.59 Å². The molecule has 6 heteroatoms. The fourth-order valence-electron chi connectivity index (χ4n) is 4.53. The maximum absolute atomic E-state index is 13.2. The van der Waals surface area contributed by atoms with Gasteiger partial charge in [0, 0.05) is 42.0 Å². The lowest BCUT2D eigenvalue weighted by atomic mass is 9.93. The van der Waals surface area contributed by atoms with Crippen LogP contribution in [-0.2, 0) is 16.0 Å². The number of carbonyl (C=O) groups excluding carboxylic acids is 2. The molecule has 0 bridgehead atoms. The molecular weight excluding hydrogens is 400 g/mol. The summed E-state index contributed by atoms with van der Waals surface area (Å²) in [6.45, 7) is 9.40. The number of benzene rings is 1. The number of carbonyl (C=O) groups is 2. The second kappa shape index (κ2) is 9.39. The fraction of sp³-hybridized carbons (Fsp3) is 0.538. The third-order valence-corrected chi connectivity index (χ3v) is 6.76. The molecule has 2 heterocycles. The van der Waals surface area contributed by atoms with Crippen LogP contribution in [0.5, 0.6) is 0 Å². The normalized spacial score (nSPS) is 19.5. The van der Waals surface area contributed by atoms with Crippen LogP contribution in [0.1, 0.15) is 78.3 Å². The summed E-state index contributed by atoms with van der Waals surface area (Å²) in [7, 11) is 0. The molecule has 0 unspecified atom stereocenters. The van der Waals surface area contributed by atoms with Gasteiger partial charge in [-0.15, -0.1) is 0 Å². The lowest BCUT2D eigenvalue weighted by molar-refractivity contribution is -0.133. The average molecular weight is 435 g/mol. The van der Waals surface area contributed by atoms with Crippen molar-refractivity contribution in [2.75, 3.05) is 13.1 Å². The summed E-state index contributed by atoms with van der Waals surface area (Å²) in [6, 6.07) is 8.57. The number of nitrogens with zero attached hydrogens (tertiary/aromatic N) is 3. The highest BCUT2D eigenvalue weighted by atomic mass is 16.2. The highest BCUT2D eigenvalue weighted by molar-refractivity contribution is 5.83. The summed E-state index contributed by atoms with van der Waals surface area (Å²) in [4.78, 5) is 37.0. The van der Waals surface area contributed by atoms with E-state index in [2.05, 4.69) is 24.4 Å². The van der Waals surface area contributed by atoms with Crippen molar-refractivity contribution in [2.24, 2.45) is 0 Å². The second-order valence-electron chi connectivity index (χ2n) is 9.51. The molecule has 1 saturated carbocycles. The van der Waals surface area contributed by atoms with Crippen molar-refractivity contribution in [1.82, 2.24) is 20.2 Å². The largest absolute Gasteiger partial charge is 0.353 e. The van der Waals surface area contributed by atoms with Gasteiger partial charge in [0.25, 0.3) is 0 Å². The zero-order valence-electron chi connectivity index (χ0n) is 19.6. The average Bonchev–Trinajstić information content (AvgIpc) is 3.59. The van der Waals surface area contributed by atoms with Crippen molar-refractivity contribution in [2.45, 2.75) is 77.7 Å². The first-order valence-electron chi connectivity index (χ1n) is 11.8. The van der Waals surface area contributed by atoms with Gasteiger partial charge in [0.1, 0.15) is 5.82 Å². The smallest absolute Gasteiger partial charge is 0.229 e. The zero-order valence-corrected chi connectivity index (χ0v) is 19.6. The first-order valence-corrected chi connectivity index (χ1v) is 11.8. The molecule has 1 saturated heterocycles. The second-order valence-corrected chi connectivity index (χ2v) is 9.51. The molecule has 1 aliphatic heterocycles. The van der Waals surface area contributed by atoms with Crippen molar-refractivity contribution in [1.29, 1.82) is 0 Å². The standard InChI is InChI=1S/C26H34N4O2/c1-16-7-9-20(10-8-16)17(2)26(32)30-13-5-6-21(15-30)25-27-18(3)23(19(4)28-25)14-24(31)29-22-11-12-22/h7-10,17,21-22H,5-6,11-15H2,1-4H3,(H,29,31)/t17-,21+/m1/s1. The number of amides is 2. The number of piperidine rings is 1. The number of hydrogen-bond donors (Lipinski definition) is 1. The van der Waals surface area contributed by atoms with Gasteiger partial charge < -0.3 is 10.2 Å². The molecule has 1 aromatic carbocycles. The predicted octanol–water partition coefficient (Wildman–Crippen LogP) is 3.73. The number of hydrogen-bond acceptors (Lipinski definition) is 4. The summed E-state index contributed by atoms with van der Waals surface area (Å²) in [5.41, 5.74) is 4.91. The van der Waals surface area contributed by atoms with Gasteiger partial charge in [-0.1, -0.05) is 29.8 Å². The van der Waals surface area contributed by atoms with E-state index < -0.39 is 0 Å². The molecule has 1 aliphatic carbocycles. The summed E-state index contributed by atoms with van der Waals surface area (Å²) in [6.07, 6.45) is 4.42. The Balaban J connectivity index is 1.44. The van der Waals surface area contributed by atoms with E-state index in [4.69, 9.17) is 9.97 Å². The molecule has 170 valence electrons.